The number of aromatic nitrogens is 1. The van der Waals surface area contributed by atoms with Crippen molar-refractivity contribution in [2.75, 3.05) is 12.4 Å². The molecule has 2 saturated carbocycles. The maximum absolute atomic E-state index is 13.0. The average Bonchev–Trinajstić information content (AvgIpc) is 2.96. The lowest BCUT2D eigenvalue weighted by Crippen LogP contribution is -2.58. The second-order valence-corrected chi connectivity index (χ2v) is 12.2. The Morgan fingerprint density at radius 2 is 1.64 bits per heavy atom. The molecule has 0 bridgehead atoms. The highest BCUT2D eigenvalue weighted by atomic mass is 19.3. The van der Waals surface area contributed by atoms with E-state index in [1.54, 1.807) is 13.1 Å². The van der Waals surface area contributed by atoms with Crippen LogP contribution in [0.15, 0.2) is 66.9 Å². The van der Waals surface area contributed by atoms with Crippen LogP contribution in [0, 0.1) is 5.92 Å². The number of carbonyl (C=O) groups is 2. The van der Waals surface area contributed by atoms with Gasteiger partial charge in [-0.05, 0) is 79.7 Å². The number of anilines is 1. The molecule has 9 heteroatoms. The number of benzene rings is 2. The molecular formula is C33H38F2N4O3. The quantitative estimate of drug-likeness (QED) is 0.318. The van der Waals surface area contributed by atoms with E-state index in [1.165, 1.54) is 7.05 Å². The summed E-state index contributed by atoms with van der Waals surface area (Å²) in [4.78, 5) is 30.3. The van der Waals surface area contributed by atoms with E-state index in [1.807, 2.05) is 60.7 Å². The van der Waals surface area contributed by atoms with Crippen LogP contribution < -0.4 is 11.1 Å². The molecule has 7 nitrogen and oxygen atoms in total. The van der Waals surface area contributed by atoms with Crippen LogP contribution in [-0.4, -0.2) is 51.9 Å². The number of carbonyl (C=O) groups excluding carboxylic acids is 2. The lowest BCUT2D eigenvalue weighted by atomic mass is 9.63. The third kappa shape index (κ3) is 6.52. The molecule has 5 rings (SSSR count). The molecule has 2 fully saturated rings. The fourth-order valence-corrected chi connectivity index (χ4v) is 6.63. The van der Waals surface area contributed by atoms with Gasteiger partial charge in [0, 0.05) is 36.8 Å². The van der Waals surface area contributed by atoms with Crippen LogP contribution in [0.2, 0.25) is 0 Å². The third-order valence-corrected chi connectivity index (χ3v) is 8.79. The lowest BCUT2D eigenvalue weighted by molar-refractivity contribution is -0.144. The molecule has 0 aliphatic heterocycles. The first-order valence-corrected chi connectivity index (χ1v) is 14.5. The Morgan fingerprint density at radius 1 is 1.02 bits per heavy atom. The number of pyridine rings is 1. The molecule has 2 amide bonds. The Morgan fingerprint density at radius 3 is 2.24 bits per heavy atom. The highest BCUT2D eigenvalue weighted by Gasteiger charge is 2.49. The molecule has 0 atom stereocenters. The number of hydrogen-bond acceptors (Lipinski definition) is 5. The summed E-state index contributed by atoms with van der Waals surface area (Å²) in [6.45, 7) is 1.80. The van der Waals surface area contributed by atoms with Gasteiger partial charge in [0.05, 0.1) is 5.60 Å². The van der Waals surface area contributed by atoms with Crippen molar-refractivity contribution in [1.29, 1.82) is 0 Å². The van der Waals surface area contributed by atoms with E-state index in [-0.39, 0.29) is 17.9 Å². The molecule has 2 aromatic carbocycles. The SMILES string of the molecule is CN(C(=O)C(F)F)C1CCC(CC(=O)Nc2cc(-c3ccccc3)c(-c3ccc([C@]4(N)C[C@](C)(O)C4)cc3)cn2)CC1. The Hall–Kier alpha value is -3.69. The number of aliphatic hydroxyl groups is 1. The predicted molar refractivity (Wildman–Crippen MR) is 159 cm³/mol. The van der Waals surface area contributed by atoms with Crippen molar-refractivity contribution in [3.63, 3.8) is 0 Å². The zero-order valence-corrected chi connectivity index (χ0v) is 24.0. The van der Waals surface area contributed by atoms with Gasteiger partial charge in [0.25, 0.3) is 5.91 Å². The molecular weight excluding hydrogens is 538 g/mol. The zero-order valence-electron chi connectivity index (χ0n) is 24.0. The number of nitrogens with one attached hydrogen (secondary N) is 1. The largest absolute Gasteiger partial charge is 0.390 e. The van der Waals surface area contributed by atoms with Crippen molar-refractivity contribution in [2.24, 2.45) is 11.7 Å². The van der Waals surface area contributed by atoms with Crippen molar-refractivity contribution < 1.29 is 23.5 Å². The molecule has 1 heterocycles. The van der Waals surface area contributed by atoms with Crippen LogP contribution in [0.3, 0.4) is 0 Å². The summed E-state index contributed by atoms with van der Waals surface area (Å²) in [6.07, 6.45) is 2.68. The zero-order chi connectivity index (χ0) is 30.1. The van der Waals surface area contributed by atoms with E-state index in [9.17, 15) is 23.5 Å². The predicted octanol–water partition coefficient (Wildman–Crippen LogP) is 5.73. The first-order valence-electron chi connectivity index (χ1n) is 14.5. The first-order chi connectivity index (χ1) is 19.9. The monoisotopic (exact) mass is 576 g/mol. The Bertz CT molecular complexity index is 1410. The van der Waals surface area contributed by atoms with Gasteiger partial charge >= 0.3 is 6.43 Å². The van der Waals surface area contributed by atoms with Crippen molar-refractivity contribution in [1.82, 2.24) is 9.88 Å². The van der Waals surface area contributed by atoms with Crippen molar-refractivity contribution in [2.45, 2.75) is 75.5 Å². The van der Waals surface area contributed by atoms with E-state index in [4.69, 9.17) is 5.73 Å². The van der Waals surface area contributed by atoms with Gasteiger partial charge in [0.2, 0.25) is 5.91 Å². The molecule has 3 aromatic rings. The van der Waals surface area contributed by atoms with Gasteiger partial charge in [-0.3, -0.25) is 9.59 Å². The Balaban J connectivity index is 1.27. The Labute approximate surface area is 245 Å². The summed E-state index contributed by atoms with van der Waals surface area (Å²) in [5.41, 5.74) is 10.0. The van der Waals surface area contributed by atoms with E-state index < -0.39 is 23.5 Å². The summed E-state index contributed by atoms with van der Waals surface area (Å²) in [5, 5.41) is 13.1. The smallest absolute Gasteiger partial charge is 0.315 e. The van der Waals surface area contributed by atoms with Crippen LogP contribution in [0.1, 0.15) is 57.4 Å². The minimum Gasteiger partial charge on any atom is -0.390 e. The fraction of sp³-hybridized carbons (Fsp3) is 0.424. The van der Waals surface area contributed by atoms with Gasteiger partial charge in [-0.25, -0.2) is 4.98 Å². The van der Waals surface area contributed by atoms with E-state index in [0.29, 0.717) is 50.8 Å². The Kier molecular flexibility index (Phi) is 8.44. The molecule has 4 N–H and O–H groups in total. The standard InChI is InChI=1S/C33H38F2N4O3/c1-32(42)19-33(36,20-32)24-12-10-23(11-13-24)27-18-37-28(17-26(27)22-6-4-3-5-7-22)38-29(40)16-21-8-14-25(15-9-21)39(2)31(41)30(34)35/h3-7,10-13,17-18,21,25,30,42H,8-9,14-16,19-20,36H2,1-2H3,(H,37,38,40)/t21?,25?,32-,33-. The van der Waals surface area contributed by atoms with Crippen LogP contribution >= 0.6 is 0 Å². The highest BCUT2D eigenvalue weighted by Crippen LogP contribution is 2.46. The molecule has 2 aliphatic carbocycles. The summed E-state index contributed by atoms with van der Waals surface area (Å²) in [5.74, 6) is -0.726. The maximum atomic E-state index is 13.0. The number of alkyl halides is 2. The minimum absolute atomic E-state index is 0.118. The number of hydrogen-bond donors (Lipinski definition) is 3. The van der Waals surface area contributed by atoms with Crippen molar-refractivity contribution >= 4 is 17.6 Å². The normalized spacial score (nSPS) is 25.5. The summed E-state index contributed by atoms with van der Waals surface area (Å²) < 4.78 is 25.6. The highest BCUT2D eigenvalue weighted by molar-refractivity contribution is 5.92. The van der Waals surface area contributed by atoms with E-state index in [2.05, 4.69) is 10.3 Å². The lowest BCUT2D eigenvalue weighted by Gasteiger charge is -2.49. The summed E-state index contributed by atoms with van der Waals surface area (Å²) in [6, 6.07) is 19.6. The van der Waals surface area contributed by atoms with Gasteiger partial charge in [-0.2, -0.15) is 8.78 Å². The molecule has 42 heavy (non-hydrogen) atoms. The average molecular weight is 577 g/mol. The first kappa shape index (κ1) is 29.8. The van der Waals surface area contributed by atoms with Crippen LogP contribution in [0.25, 0.3) is 22.3 Å². The molecule has 1 aromatic heterocycles. The fourth-order valence-electron chi connectivity index (χ4n) is 6.63. The van der Waals surface area contributed by atoms with E-state index >= 15 is 0 Å². The molecule has 0 saturated heterocycles. The van der Waals surface area contributed by atoms with Crippen molar-refractivity contribution in [3.8, 4) is 22.3 Å². The van der Waals surface area contributed by atoms with Gasteiger partial charge in [-0.1, -0.05) is 54.6 Å². The van der Waals surface area contributed by atoms with Gasteiger partial charge in [-0.15, -0.1) is 0 Å². The molecule has 222 valence electrons. The van der Waals surface area contributed by atoms with Crippen LogP contribution in [-0.2, 0) is 15.1 Å². The number of halogens is 2. The van der Waals surface area contributed by atoms with Gasteiger partial charge in [0.15, 0.2) is 0 Å². The minimum atomic E-state index is -3.00. The van der Waals surface area contributed by atoms with Gasteiger partial charge < -0.3 is 21.1 Å². The third-order valence-electron chi connectivity index (χ3n) is 8.79. The second kappa shape index (κ2) is 11.9. The number of amides is 2. The number of nitrogens with two attached hydrogens (primary N) is 1. The van der Waals surface area contributed by atoms with Crippen molar-refractivity contribution in [3.05, 3.63) is 72.4 Å². The number of rotatable bonds is 8. The van der Waals surface area contributed by atoms with E-state index in [0.717, 1.165) is 32.7 Å². The summed E-state index contributed by atoms with van der Waals surface area (Å²) >= 11 is 0. The maximum Gasteiger partial charge on any atom is 0.315 e. The molecule has 0 unspecified atom stereocenters. The summed E-state index contributed by atoms with van der Waals surface area (Å²) in [7, 11) is 1.43. The topological polar surface area (TPSA) is 109 Å². The molecule has 0 spiro atoms. The van der Waals surface area contributed by atoms with Crippen LogP contribution in [0.4, 0.5) is 14.6 Å². The van der Waals surface area contributed by atoms with Gasteiger partial charge in [0.1, 0.15) is 5.82 Å². The molecule has 0 radical (unpaired) electrons. The molecule has 2 aliphatic rings. The number of nitrogens with zero attached hydrogens (tertiary/aromatic N) is 2. The second-order valence-electron chi connectivity index (χ2n) is 12.2. The van der Waals surface area contributed by atoms with Crippen LogP contribution in [0.5, 0.6) is 0 Å².